The van der Waals surface area contributed by atoms with Crippen molar-refractivity contribution < 1.29 is 9.53 Å². The molecule has 0 aliphatic carbocycles. The number of carbonyl (C=O) groups excluding carboxylic acids is 1. The summed E-state index contributed by atoms with van der Waals surface area (Å²) in [6.45, 7) is 0. The SMILES string of the molecule is COc1cccc(N(C)C(=O)c2cscn2)c1. The second kappa shape index (κ2) is 4.97. The van der Waals surface area contributed by atoms with Gasteiger partial charge in [-0.25, -0.2) is 4.98 Å². The fourth-order valence-electron chi connectivity index (χ4n) is 1.43. The number of ether oxygens (including phenoxy) is 1. The molecule has 0 aliphatic rings. The van der Waals surface area contributed by atoms with Gasteiger partial charge in [-0.15, -0.1) is 11.3 Å². The molecule has 5 heteroatoms. The van der Waals surface area contributed by atoms with Gasteiger partial charge in [-0.3, -0.25) is 4.79 Å². The molecule has 1 aromatic heterocycles. The molecule has 0 radical (unpaired) electrons. The summed E-state index contributed by atoms with van der Waals surface area (Å²) in [5, 5.41) is 1.74. The van der Waals surface area contributed by atoms with Gasteiger partial charge in [0.15, 0.2) is 0 Å². The molecule has 0 unspecified atom stereocenters. The highest BCUT2D eigenvalue weighted by Gasteiger charge is 2.15. The number of thiazole rings is 1. The second-order valence-electron chi connectivity index (χ2n) is 3.44. The third-order valence-electron chi connectivity index (χ3n) is 2.40. The van der Waals surface area contributed by atoms with Crippen LogP contribution in [-0.4, -0.2) is 25.0 Å². The maximum Gasteiger partial charge on any atom is 0.277 e. The van der Waals surface area contributed by atoms with Crippen LogP contribution in [-0.2, 0) is 0 Å². The summed E-state index contributed by atoms with van der Waals surface area (Å²) >= 11 is 1.40. The van der Waals surface area contributed by atoms with Crippen LogP contribution in [0.3, 0.4) is 0 Å². The lowest BCUT2D eigenvalue weighted by molar-refractivity contribution is 0.0989. The van der Waals surface area contributed by atoms with Crippen LogP contribution in [0.15, 0.2) is 35.2 Å². The maximum absolute atomic E-state index is 12.0. The number of anilines is 1. The van der Waals surface area contributed by atoms with Gasteiger partial charge in [-0.05, 0) is 12.1 Å². The minimum Gasteiger partial charge on any atom is -0.497 e. The largest absolute Gasteiger partial charge is 0.497 e. The van der Waals surface area contributed by atoms with E-state index >= 15 is 0 Å². The van der Waals surface area contributed by atoms with E-state index in [0.717, 1.165) is 11.4 Å². The molecular formula is C12H12N2O2S. The fraction of sp³-hybridized carbons (Fsp3) is 0.167. The van der Waals surface area contributed by atoms with Crippen molar-refractivity contribution in [1.29, 1.82) is 0 Å². The first kappa shape index (κ1) is 11.6. The second-order valence-corrected chi connectivity index (χ2v) is 4.16. The molecule has 0 atom stereocenters. The number of aromatic nitrogens is 1. The summed E-state index contributed by atoms with van der Waals surface area (Å²) in [7, 11) is 3.32. The van der Waals surface area contributed by atoms with Crippen molar-refractivity contribution in [2.45, 2.75) is 0 Å². The van der Waals surface area contributed by atoms with Gasteiger partial charge in [0.1, 0.15) is 11.4 Å². The molecule has 0 aliphatic heterocycles. The first-order chi connectivity index (χ1) is 8.22. The summed E-state index contributed by atoms with van der Waals surface area (Å²) in [4.78, 5) is 17.6. The van der Waals surface area contributed by atoms with Crippen molar-refractivity contribution in [3.05, 3.63) is 40.8 Å². The van der Waals surface area contributed by atoms with Gasteiger partial charge < -0.3 is 9.64 Å². The molecule has 2 aromatic rings. The van der Waals surface area contributed by atoms with Crippen molar-refractivity contribution >= 4 is 22.9 Å². The van der Waals surface area contributed by atoms with E-state index in [1.165, 1.54) is 11.3 Å². The van der Waals surface area contributed by atoms with Gasteiger partial charge in [0, 0.05) is 24.2 Å². The Labute approximate surface area is 103 Å². The number of amides is 1. The van der Waals surface area contributed by atoms with Crippen molar-refractivity contribution in [3.8, 4) is 5.75 Å². The Hall–Kier alpha value is -1.88. The van der Waals surface area contributed by atoms with Crippen LogP contribution in [0.1, 0.15) is 10.5 Å². The fourth-order valence-corrected chi connectivity index (χ4v) is 1.95. The van der Waals surface area contributed by atoms with E-state index < -0.39 is 0 Å². The summed E-state index contributed by atoms with van der Waals surface area (Å²) in [5.41, 5.74) is 2.88. The van der Waals surface area contributed by atoms with E-state index in [1.54, 1.807) is 29.9 Å². The molecule has 0 N–H and O–H groups in total. The molecule has 1 heterocycles. The summed E-state index contributed by atoms with van der Waals surface area (Å²) in [6, 6.07) is 7.35. The third kappa shape index (κ3) is 2.45. The Morgan fingerprint density at radius 1 is 1.47 bits per heavy atom. The molecule has 88 valence electrons. The van der Waals surface area contributed by atoms with Crippen molar-refractivity contribution in [2.24, 2.45) is 0 Å². The Bertz CT molecular complexity index is 511. The molecule has 0 spiro atoms. The zero-order valence-corrected chi connectivity index (χ0v) is 10.4. The number of rotatable bonds is 3. The van der Waals surface area contributed by atoms with E-state index in [9.17, 15) is 4.79 Å². The van der Waals surface area contributed by atoms with E-state index in [-0.39, 0.29) is 5.91 Å². The van der Waals surface area contributed by atoms with Crippen molar-refractivity contribution in [3.63, 3.8) is 0 Å². The van der Waals surface area contributed by atoms with Gasteiger partial charge in [0.05, 0.1) is 12.6 Å². The van der Waals surface area contributed by atoms with Crippen LogP contribution >= 0.6 is 11.3 Å². The van der Waals surface area contributed by atoms with Crippen LogP contribution < -0.4 is 9.64 Å². The van der Waals surface area contributed by atoms with Crippen LogP contribution in [0, 0.1) is 0 Å². The zero-order valence-electron chi connectivity index (χ0n) is 9.58. The van der Waals surface area contributed by atoms with Gasteiger partial charge in [-0.2, -0.15) is 0 Å². The molecule has 2 rings (SSSR count). The molecular weight excluding hydrogens is 236 g/mol. The number of benzene rings is 1. The minimum atomic E-state index is -0.125. The smallest absolute Gasteiger partial charge is 0.277 e. The van der Waals surface area contributed by atoms with Gasteiger partial charge in [0.25, 0.3) is 5.91 Å². The van der Waals surface area contributed by atoms with E-state index in [0.29, 0.717) is 5.69 Å². The van der Waals surface area contributed by atoms with Gasteiger partial charge >= 0.3 is 0 Å². The van der Waals surface area contributed by atoms with Crippen LogP contribution in [0.2, 0.25) is 0 Å². The predicted molar refractivity (Wildman–Crippen MR) is 67.8 cm³/mol. The monoisotopic (exact) mass is 248 g/mol. The standard InChI is InChI=1S/C12H12N2O2S/c1-14(12(15)11-7-17-8-13-11)9-4-3-5-10(6-9)16-2/h3-8H,1-2H3. The van der Waals surface area contributed by atoms with Crippen molar-refractivity contribution in [1.82, 2.24) is 4.98 Å². The lowest BCUT2D eigenvalue weighted by atomic mass is 10.2. The summed E-state index contributed by atoms with van der Waals surface area (Å²) < 4.78 is 5.12. The Morgan fingerprint density at radius 2 is 2.29 bits per heavy atom. The molecule has 0 fully saturated rings. The summed E-state index contributed by atoms with van der Waals surface area (Å²) in [5.74, 6) is 0.597. The third-order valence-corrected chi connectivity index (χ3v) is 2.98. The lowest BCUT2D eigenvalue weighted by Crippen LogP contribution is -2.26. The average molecular weight is 248 g/mol. The van der Waals surface area contributed by atoms with Crippen LogP contribution in [0.25, 0.3) is 0 Å². The number of carbonyl (C=O) groups is 1. The van der Waals surface area contributed by atoms with Crippen LogP contribution in [0.5, 0.6) is 5.75 Å². The highest BCUT2D eigenvalue weighted by molar-refractivity contribution is 7.07. The quantitative estimate of drug-likeness (QED) is 0.837. The highest BCUT2D eigenvalue weighted by atomic mass is 32.1. The highest BCUT2D eigenvalue weighted by Crippen LogP contribution is 2.21. The number of methoxy groups -OCH3 is 1. The van der Waals surface area contributed by atoms with Gasteiger partial charge in [0.2, 0.25) is 0 Å². The zero-order chi connectivity index (χ0) is 12.3. The van der Waals surface area contributed by atoms with Crippen LogP contribution in [0.4, 0.5) is 5.69 Å². The Kier molecular flexibility index (Phi) is 3.39. The lowest BCUT2D eigenvalue weighted by Gasteiger charge is -2.16. The molecule has 0 bridgehead atoms. The maximum atomic E-state index is 12.0. The molecule has 17 heavy (non-hydrogen) atoms. The number of hydrogen-bond donors (Lipinski definition) is 0. The van der Waals surface area contributed by atoms with Gasteiger partial charge in [-0.1, -0.05) is 6.07 Å². The average Bonchev–Trinajstić information content (AvgIpc) is 2.91. The molecule has 1 aromatic carbocycles. The first-order valence-corrected chi connectivity index (χ1v) is 5.97. The van der Waals surface area contributed by atoms with E-state index in [4.69, 9.17) is 4.74 Å². The molecule has 0 saturated heterocycles. The predicted octanol–water partition coefficient (Wildman–Crippen LogP) is 2.43. The van der Waals surface area contributed by atoms with Crippen molar-refractivity contribution in [2.75, 3.05) is 19.1 Å². The molecule has 0 saturated carbocycles. The Balaban J connectivity index is 2.24. The van der Waals surface area contributed by atoms with E-state index in [2.05, 4.69) is 4.98 Å². The van der Waals surface area contributed by atoms with E-state index in [1.807, 2.05) is 24.3 Å². The minimum absolute atomic E-state index is 0.125. The number of hydrogen-bond acceptors (Lipinski definition) is 4. The topological polar surface area (TPSA) is 42.4 Å². The number of nitrogens with zero attached hydrogens (tertiary/aromatic N) is 2. The first-order valence-electron chi connectivity index (χ1n) is 5.02. The Morgan fingerprint density at radius 3 is 2.94 bits per heavy atom. The summed E-state index contributed by atoms with van der Waals surface area (Å²) in [6.07, 6.45) is 0. The molecule has 4 nitrogen and oxygen atoms in total. The molecule has 1 amide bonds. The normalized spacial score (nSPS) is 10.0.